The molecule has 0 aliphatic rings. The number of benzene rings is 2. The molecule has 0 atom stereocenters. The van der Waals surface area contributed by atoms with Crippen molar-refractivity contribution in [2.45, 2.75) is 0 Å². The smallest absolute Gasteiger partial charge is 0.259 e. The summed E-state index contributed by atoms with van der Waals surface area (Å²) in [7, 11) is 1.66. The van der Waals surface area contributed by atoms with Gasteiger partial charge in [-0.2, -0.15) is 4.98 Å². The maximum atomic E-state index is 13.0. The predicted octanol–water partition coefficient (Wildman–Crippen LogP) is 5.81. The van der Waals surface area contributed by atoms with Crippen LogP contribution in [0.15, 0.2) is 64.0 Å². The van der Waals surface area contributed by atoms with Gasteiger partial charge in [0.2, 0.25) is 5.95 Å². The van der Waals surface area contributed by atoms with E-state index in [1.807, 2.05) is 24.3 Å². The first-order chi connectivity index (χ1) is 13.4. The second kappa shape index (κ2) is 7.54. The van der Waals surface area contributed by atoms with E-state index in [1.54, 1.807) is 37.5 Å². The van der Waals surface area contributed by atoms with Gasteiger partial charge in [-0.3, -0.25) is 9.36 Å². The number of aryl methyl sites for hydroxylation is 1. The van der Waals surface area contributed by atoms with Crippen LogP contribution in [0.1, 0.15) is 0 Å². The first-order valence-electron chi connectivity index (χ1n) is 8.28. The van der Waals surface area contributed by atoms with Gasteiger partial charge in [0.15, 0.2) is 0 Å². The SMILES string of the molecule is Cn1c(=O)c(-c2c(Cl)cccc2Cl)cc2cnc(Nc3cccc(Br)c3)nc21. The van der Waals surface area contributed by atoms with E-state index in [9.17, 15) is 4.79 Å². The van der Waals surface area contributed by atoms with Crippen molar-refractivity contribution >= 4 is 61.8 Å². The van der Waals surface area contributed by atoms with Crippen LogP contribution in [0.5, 0.6) is 0 Å². The van der Waals surface area contributed by atoms with Gasteiger partial charge in [-0.05, 0) is 36.4 Å². The molecule has 4 rings (SSSR count). The average Bonchev–Trinajstić information content (AvgIpc) is 2.66. The summed E-state index contributed by atoms with van der Waals surface area (Å²) in [5, 5.41) is 4.67. The Hall–Kier alpha value is -2.41. The molecular formula is C20H13BrCl2N4O. The molecule has 0 saturated carbocycles. The third-order valence-electron chi connectivity index (χ3n) is 4.26. The Morgan fingerprint density at radius 2 is 1.79 bits per heavy atom. The van der Waals surface area contributed by atoms with Gasteiger partial charge in [0.05, 0.1) is 15.6 Å². The van der Waals surface area contributed by atoms with Crippen molar-refractivity contribution in [2.75, 3.05) is 5.32 Å². The van der Waals surface area contributed by atoms with Crippen molar-refractivity contribution in [1.29, 1.82) is 0 Å². The molecule has 0 unspecified atom stereocenters. The lowest BCUT2D eigenvalue weighted by Gasteiger charge is -2.12. The van der Waals surface area contributed by atoms with E-state index in [1.165, 1.54) is 4.57 Å². The van der Waals surface area contributed by atoms with E-state index in [-0.39, 0.29) is 5.56 Å². The zero-order chi connectivity index (χ0) is 19.8. The lowest BCUT2D eigenvalue weighted by Crippen LogP contribution is -2.20. The standard InChI is InChI=1S/C20H13BrCl2N4O/c1-27-18-11(8-14(19(27)28)17-15(22)6-3-7-16(17)23)10-24-20(26-18)25-13-5-2-4-12(21)9-13/h2-10H,1H3,(H,24,25,26). The number of nitrogens with one attached hydrogen (secondary N) is 1. The van der Waals surface area contributed by atoms with E-state index in [4.69, 9.17) is 23.2 Å². The number of anilines is 2. The Bertz CT molecular complexity index is 1250. The first kappa shape index (κ1) is 18.9. The third kappa shape index (κ3) is 3.51. The Balaban J connectivity index is 1.84. The van der Waals surface area contributed by atoms with Gasteiger partial charge in [-0.25, -0.2) is 4.98 Å². The van der Waals surface area contributed by atoms with E-state index >= 15 is 0 Å². The lowest BCUT2D eigenvalue weighted by molar-refractivity contribution is 0.887. The fraction of sp³-hybridized carbons (Fsp3) is 0.0500. The molecule has 2 aromatic carbocycles. The lowest BCUT2D eigenvalue weighted by atomic mass is 10.1. The molecule has 140 valence electrons. The molecule has 28 heavy (non-hydrogen) atoms. The summed E-state index contributed by atoms with van der Waals surface area (Å²) in [6.45, 7) is 0. The van der Waals surface area contributed by atoms with Crippen LogP contribution >= 0.6 is 39.1 Å². The molecule has 0 aliphatic carbocycles. The molecule has 0 radical (unpaired) electrons. The van der Waals surface area contributed by atoms with Crippen molar-refractivity contribution in [2.24, 2.45) is 7.05 Å². The van der Waals surface area contributed by atoms with Crippen molar-refractivity contribution in [3.05, 3.63) is 79.6 Å². The second-order valence-electron chi connectivity index (χ2n) is 6.13. The Labute approximate surface area is 179 Å². The summed E-state index contributed by atoms with van der Waals surface area (Å²) >= 11 is 16.0. The number of nitrogens with zero attached hydrogens (tertiary/aromatic N) is 3. The molecule has 0 aliphatic heterocycles. The minimum Gasteiger partial charge on any atom is -0.324 e. The molecule has 4 aromatic rings. The monoisotopic (exact) mass is 474 g/mol. The summed E-state index contributed by atoms with van der Waals surface area (Å²) in [6.07, 6.45) is 1.66. The molecule has 0 amide bonds. The van der Waals surface area contributed by atoms with Gasteiger partial charge >= 0.3 is 0 Å². The summed E-state index contributed by atoms with van der Waals surface area (Å²) < 4.78 is 2.41. The van der Waals surface area contributed by atoms with Gasteiger partial charge in [0.25, 0.3) is 5.56 Å². The molecule has 0 fully saturated rings. The number of hydrogen-bond acceptors (Lipinski definition) is 4. The fourth-order valence-corrected chi connectivity index (χ4v) is 3.94. The fourth-order valence-electron chi connectivity index (χ4n) is 2.94. The molecule has 0 bridgehead atoms. The van der Waals surface area contributed by atoms with Crippen LogP contribution in [-0.4, -0.2) is 14.5 Å². The van der Waals surface area contributed by atoms with Crippen LogP contribution in [0.4, 0.5) is 11.6 Å². The summed E-state index contributed by atoms with van der Waals surface area (Å²) in [4.78, 5) is 21.8. The molecule has 2 heterocycles. The van der Waals surface area contributed by atoms with Gasteiger partial charge in [0.1, 0.15) is 5.65 Å². The maximum Gasteiger partial charge on any atom is 0.259 e. The number of fused-ring (bicyclic) bond motifs is 1. The van der Waals surface area contributed by atoms with E-state index in [0.29, 0.717) is 38.2 Å². The third-order valence-corrected chi connectivity index (χ3v) is 5.38. The van der Waals surface area contributed by atoms with Crippen molar-refractivity contribution < 1.29 is 0 Å². The minimum atomic E-state index is -0.241. The van der Waals surface area contributed by atoms with Crippen LogP contribution in [0.2, 0.25) is 10.0 Å². The highest BCUT2D eigenvalue weighted by atomic mass is 79.9. The number of hydrogen-bond donors (Lipinski definition) is 1. The Morgan fingerprint density at radius 1 is 1.07 bits per heavy atom. The molecule has 0 spiro atoms. The number of aromatic nitrogens is 3. The quantitative estimate of drug-likeness (QED) is 0.406. The summed E-state index contributed by atoms with van der Waals surface area (Å²) in [5.41, 5.74) is 2.00. The highest BCUT2D eigenvalue weighted by Gasteiger charge is 2.16. The normalized spacial score (nSPS) is 11.0. The Morgan fingerprint density at radius 3 is 2.50 bits per heavy atom. The van der Waals surface area contributed by atoms with E-state index in [0.717, 1.165) is 10.2 Å². The molecule has 5 nitrogen and oxygen atoms in total. The van der Waals surface area contributed by atoms with Gasteiger partial charge in [-0.15, -0.1) is 0 Å². The molecule has 1 N–H and O–H groups in total. The van der Waals surface area contributed by atoms with Crippen LogP contribution in [0.25, 0.3) is 22.2 Å². The van der Waals surface area contributed by atoms with Crippen LogP contribution in [0.3, 0.4) is 0 Å². The highest BCUT2D eigenvalue weighted by molar-refractivity contribution is 9.10. The molecule has 8 heteroatoms. The largest absolute Gasteiger partial charge is 0.324 e. The molecule has 0 saturated heterocycles. The van der Waals surface area contributed by atoms with Gasteiger partial charge < -0.3 is 5.32 Å². The molecular weight excluding hydrogens is 463 g/mol. The number of rotatable bonds is 3. The van der Waals surface area contributed by atoms with Crippen LogP contribution < -0.4 is 10.9 Å². The second-order valence-corrected chi connectivity index (χ2v) is 7.86. The van der Waals surface area contributed by atoms with Crippen molar-refractivity contribution in [3.63, 3.8) is 0 Å². The van der Waals surface area contributed by atoms with Crippen molar-refractivity contribution in [1.82, 2.24) is 14.5 Å². The predicted molar refractivity (Wildman–Crippen MR) is 118 cm³/mol. The average molecular weight is 476 g/mol. The van der Waals surface area contributed by atoms with E-state index in [2.05, 4.69) is 31.2 Å². The van der Waals surface area contributed by atoms with Crippen LogP contribution in [-0.2, 0) is 7.05 Å². The Kier molecular flexibility index (Phi) is 5.10. The first-order valence-corrected chi connectivity index (χ1v) is 9.82. The summed E-state index contributed by atoms with van der Waals surface area (Å²) in [6, 6.07) is 14.5. The van der Waals surface area contributed by atoms with Crippen LogP contribution in [0, 0.1) is 0 Å². The summed E-state index contributed by atoms with van der Waals surface area (Å²) in [5.74, 6) is 0.393. The maximum absolute atomic E-state index is 13.0. The molecule has 2 aromatic heterocycles. The van der Waals surface area contributed by atoms with Gasteiger partial charge in [0, 0.05) is 34.4 Å². The number of pyridine rings is 1. The minimum absolute atomic E-state index is 0.241. The van der Waals surface area contributed by atoms with E-state index < -0.39 is 0 Å². The zero-order valence-electron chi connectivity index (χ0n) is 14.6. The topological polar surface area (TPSA) is 59.8 Å². The number of halogens is 3. The highest BCUT2D eigenvalue weighted by Crippen LogP contribution is 2.33. The zero-order valence-corrected chi connectivity index (χ0v) is 17.7. The van der Waals surface area contributed by atoms with Crippen molar-refractivity contribution in [3.8, 4) is 11.1 Å². The van der Waals surface area contributed by atoms with Gasteiger partial charge in [-0.1, -0.05) is 51.3 Å².